The van der Waals surface area contributed by atoms with Crippen molar-refractivity contribution in [2.75, 3.05) is 7.05 Å². The van der Waals surface area contributed by atoms with Gasteiger partial charge in [-0.15, -0.1) is 0 Å². The topological polar surface area (TPSA) is 82.1 Å². The largest absolute Gasteiger partial charge is 0.458 e. The monoisotopic (exact) mass is 571 g/mol. The van der Waals surface area contributed by atoms with Gasteiger partial charge >= 0.3 is 18.0 Å². The van der Waals surface area contributed by atoms with E-state index in [0.29, 0.717) is 6.42 Å². The molecule has 0 aliphatic carbocycles. The molecule has 0 aromatic heterocycles. The number of likely N-dealkylation sites (N-methyl/N-ethyl adjacent to an activating group) is 1. The summed E-state index contributed by atoms with van der Waals surface area (Å²) in [6, 6.07) is 15.9. The molecule has 0 saturated carbocycles. The summed E-state index contributed by atoms with van der Waals surface area (Å²) in [5.41, 5.74) is 0.285. The average Bonchev–Trinajstić information content (AvgIpc) is 2.86. The third-order valence-corrected chi connectivity index (χ3v) is 6.36. The highest BCUT2D eigenvalue weighted by Gasteiger charge is 2.38. The van der Waals surface area contributed by atoms with Gasteiger partial charge in [0.05, 0.1) is 0 Å². The lowest BCUT2D eigenvalue weighted by Gasteiger charge is -2.32. The zero-order chi connectivity index (χ0) is 31.0. The Balaban J connectivity index is 2.26. The van der Waals surface area contributed by atoms with Gasteiger partial charge in [0, 0.05) is 13.5 Å². The molecule has 2 atom stereocenters. The first-order valence-electron chi connectivity index (χ1n) is 14.0. The van der Waals surface area contributed by atoms with E-state index < -0.39 is 41.4 Å². The zero-order valence-corrected chi connectivity index (χ0v) is 26.0. The molecule has 226 valence electrons. The summed E-state index contributed by atoms with van der Waals surface area (Å²) in [5, 5.41) is 0. The van der Waals surface area contributed by atoms with Crippen LogP contribution in [0.25, 0.3) is 0 Å². The number of hydrogen-bond acceptors (Lipinski definition) is 6. The van der Waals surface area contributed by atoms with Crippen molar-refractivity contribution in [3.8, 4) is 0 Å². The summed E-state index contributed by atoms with van der Waals surface area (Å²) in [7, 11) is 1.35. The fourth-order valence-electron chi connectivity index (χ4n) is 4.03. The van der Waals surface area contributed by atoms with Crippen LogP contribution in [0.4, 0.5) is 9.18 Å². The number of carbonyl (C=O) groups excluding carboxylic acids is 3. The number of halogens is 1. The van der Waals surface area contributed by atoms with Crippen molar-refractivity contribution in [3.63, 3.8) is 0 Å². The van der Waals surface area contributed by atoms with Gasteiger partial charge in [0.2, 0.25) is 0 Å². The molecule has 0 heterocycles. The quantitative estimate of drug-likeness (QED) is 0.215. The van der Waals surface area contributed by atoms with Crippen LogP contribution in [0.2, 0.25) is 0 Å². The molecule has 0 N–H and O–H groups in total. The number of hydrogen-bond donors (Lipinski definition) is 0. The van der Waals surface area contributed by atoms with Crippen molar-refractivity contribution >= 4 is 18.0 Å². The van der Waals surface area contributed by atoms with E-state index in [-0.39, 0.29) is 24.9 Å². The van der Waals surface area contributed by atoms with Crippen LogP contribution in [-0.4, -0.2) is 53.4 Å². The Labute approximate surface area is 244 Å². The van der Waals surface area contributed by atoms with Crippen LogP contribution in [-0.2, 0) is 42.2 Å². The molecule has 2 rings (SSSR count). The lowest BCUT2D eigenvalue weighted by molar-refractivity contribution is -0.172. The number of nitrogens with zero attached hydrogens (tertiary/aromatic N) is 1. The van der Waals surface area contributed by atoms with Gasteiger partial charge in [0.15, 0.2) is 6.10 Å². The molecule has 0 aliphatic rings. The summed E-state index contributed by atoms with van der Waals surface area (Å²) in [6.07, 6.45) is -1.82. The molecule has 7 nitrogen and oxygen atoms in total. The highest BCUT2D eigenvalue weighted by atomic mass is 19.1. The Kier molecular flexibility index (Phi) is 11.5. The molecule has 2 aromatic rings. The molecule has 0 unspecified atom stereocenters. The third-order valence-electron chi connectivity index (χ3n) is 6.36. The molecule has 2 aromatic carbocycles. The first-order valence-corrected chi connectivity index (χ1v) is 14.0. The van der Waals surface area contributed by atoms with E-state index in [1.165, 1.54) is 26.5 Å². The van der Waals surface area contributed by atoms with Gasteiger partial charge in [-0.2, -0.15) is 0 Å². The van der Waals surface area contributed by atoms with Crippen LogP contribution >= 0.6 is 0 Å². The first-order chi connectivity index (χ1) is 18.9. The van der Waals surface area contributed by atoms with Crippen molar-refractivity contribution in [2.45, 2.75) is 110 Å². The van der Waals surface area contributed by atoms with Gasteiger partial charge in [-0.05, 0) is 69.6 Å². The summed E-state index contributed by atoms with van der Waals surface area (Å²) >= 11 is 0. The maximum absolute atomic E-state index is 14.8. The Bertz CT molecular complexity index is 1140. The second-order valence-corrected chi connectivity index (χ2v) is 13.0. The summed E-state index contributed by atoms with van der Waals surface area (Å²) < 4.78 is 31.3. The number of esters is 2. The molecule has 8 heteroatoms. The van der Waals surface area contributed by atoms with Gasteiger partial charge in [-0.3, -0.25) is 4.90 Å². The minimum atomic E-state index is -1.81. The molecule has 1 amide bonds. The molecule has 0 spiro atoms. The maximum atomic E-state index is 14.8. The second-order valence-electron chi connectivity index (χ2n) is 13.0. The van der Waals surface area contributed by atoms with E-state index >= 15 is 0 Å². The maximum Gasteiger partial charge on any atom is 0.410 e. The van der Waals surface area contributed by atoms with Crippen LogP contribution in [0.5, 0.6) is 0 Å². The normalized spacial score (nSPS) is 13.6. The number of rotatable bonds is 11. The number of alkyl halides is 1. The number of benzene rings is 2. The van der Waals surface area contributed by atoms with Crippen LogP contribution in [0.1, 0.15) is 84.9 Å². The summed E-state index contributed by atoms with van der Waals surface area (Å²) in [6.45, 7) is 14.1. The second kappa shape index (κ2) is 14.0. The smallest absolute Gasteiger partial charge is 0.410 e. The average molecular weight is 572 g/mol. The molecular formula is C33H46FNO6. The number of carbonyl (C=O) groups is 3. The van der Waals surface area contributed by atoms with Crippen LogP contribution in [0, 0.1) is 0 Å². The molecule has 41 heavy (non-hydrogen) atoms. The van der Waals surface area contributed by atoms with E-state index in [9.17, 15) is 18.8 Å². The van der Waals surface area contributed by atoms with Gasteiger partial charge in [-0.1, -0.05) is 75.4 Å². The van der Waals surface area contributed by atoms with E-state index in [2.05, 4.69) is 20.8 Å². The zero-order valence-electron chi connectivity index (χ0n) is 26.0. The Morgan fingerprint density at radius 1 is 0.829 bits per heavy atom. The van der Waals surface area contributed by atoms with Gasteiger partial charge in [0.25, 0.3) is 0 Å². The van der Waals surface area contributed by atoms with Crippen molar-refractivity contribution in [1.82, 2.24) is 4.90 Å². The van der Waals surface area contributed by atoms with Gasteiger partial charge in [-0.25, -0.2) is 18.8 Å². The van der Waals surface area contributed by atoms with E-state index in [1.807, 2.05) is 54.6 Å². The van der Waals surface area contributed by atoms with Crippen molar-refractivity contribution in [2.24, 2.45) is 0 Å². The predicted molar refractivity (Wildman–Crippen MR) is 157 cm³/mol. The minimum absolute atomic E-state index is 0.00276. The lowest BCUT2D eigenvalue weighted by atomic mass is 9.86. The Hall–Kier alpha value is -3.42. The van der Waals surface area contributed by atoms with Crippen molar-refractivity contribution in [3.05, 3.63) is 71.3 Å². The predicted octanol–water partition coefficient (Wildman–Crippen LogP) is 6.95. The Morgan fingerprint density at radius 2 is 1.41 bits per heavy atom. The van der Waals surface area contributed by atoms with Crippen molar-refractivity contribution < 1.29 is 33.0 Å². The highest BCUT2D eigenvalue weighted by Crippen LogP contribution is 2.25. The Morgan fingerprint density at radius 3 is 1.93 bits per heavy atom. The SMILES string of the molecule is CN(C(=O)OC(C)(C)C)[C@@H](CC(C)(C)F)C(=O)O[C@H](CCc1ccc(C(C)(C)C)cc1)C(=O)OCc1ccccc1. The number of ether oxygens (including phenoxy) is 3. The fraction of sp³-hybridized carbons (Fsp3) is 0.545. The van der Waals surface area contributed by atoms with Crippen LogP contribution in [0.15, 0.2) is 54.6 Å². The van der Waals surface area contributed by atoms with E-state index in [1.54, 1.807) is 20.8 Å². The molecular weight excluding hydrogens is 525 g/mol. The standard InChI is InChI=1S/C33H46FNO6/c1-31(2,3)25-18-15-23(16-19-25)17-20-27(29(37)39-22-24-13-11-10-12-14-24)40-28(36)26(21-33(7,8)34)35(9)30(38)41-32(4,5)6/h10-16,18-19,26-27H,17,20-22H2,1-9H3/t26-,27+/m0/s1. The molecule has 0 fully saturated rings. The summed E-state index contributed by atoms with van der Waals surface area (Å²) in [5.74, 6) is -1.62. The number of aryl methyl sites for hydroxylation is 1. The minimum Gasteiger partial charge on any atom is -0.458 e. The first kappa shape index (κ1) is 33.8. The van der Waals surface area contributed by atoms with Crippen LogP contribution in [0.3, 0.4) is 0 Å². The van der Waals surface area contributed by atoms with E-state index in [0.717, 1.165) is 16.0 Å². The molecule has 0 saturated heterocycles. The van der Waals surface area contributed by atoms with E-state index in [4.69, 9.17) is 14.2 Å². The molecule has 0 radical (unpaired) electrons. The molecule has 0 aliphatic heterocycles. The van der Waals surface area contributed by atoms with Crippen molar-refractivity contribution in [1.29, 1.82) is 0 Å². The van der Waals surface area contributed by atoms with Crippen LogP contribution < -0.4 is 0 Å². The summed E-state index contributed by atoms with van der Waals surface area (Å²) in [4.78, 5) is 40.4. The lowest BCUT2D eigenvalue weighted by Crippen LogP contribution is -2.49. The number of amides is 1. The highest BCUT2D eigenvalue weighted by molar-refractivity contribution is 5.84. The molecule has 0 bridgehead atoms. The van der Waals surface area contributed by atoms with Gasteiger partial charge in [0.1, 0.15) is 23.9 Å². The fourth-order valence-corrected chi connectivity index (χ4v) is 4.03. The third kappa shape index (κ3) is 11.9. The van der Waals surface area contributed by atoms with Gasteiger partial charge < -0.3 is 14.2 Å².